The highest BCUT2D eigenvalue weighted by Crippen LogP contribution is 2.18. The number of aryl methyl sites for hydroxylation is 1. The second kappa shape index (κ2) is 8.51. The standard InChI is InChI=1S/C19H26N4O3/c1-12(2)10-23-14(4)17(13(3)22-23)9-19(25)21-15-5-7-16(8-6-15)26-11-18(20)24/h5-8,12H,9-11H2,1-4H3,(H2,20,24)(H,21,25). The molecular formula is C19H26N4O3. The molecule has 0 radical (unpaired) electrons. The van der Waals surface area contributed by atoms with Gasteiger partial charge in [0.05, 0.1) is 12.1 Å². The minimum atomic E-state index is -0.536. The van der Waals surface area contributed by atoms with Gasteiger partial charge >= 0.3 is 0 Å². The van der Waals surface area contributed by atoms with E-state index in [1.165, 1.54) is 0 Å². The zero-order valence-corrected chi connectivity index (χ0v) is 15.7. The molecule has 0 aliphatic rings. The van der Waals surface area contributed by atoms with Crippen LogP contribution in [-0.4, -0.2) is 28.2 Å². The van der Waals surface area contributed by atoms with Gasteiger partial charge in [0.1, 0.15) is 5.75 Å². The number of nitrogens with one attached hydrogen (secondary N) is 1. The number of hydrogen-bond acceptors (Lipinski definition) is 4. The van der Waals surface area contributed by atoms with Crippen molar-refractivity contribution in [3.05, 3.63) is 41.2 Å². The molecule has 140 valence electrons. The highest BCUT2D eigenvalue weighted by atomic mass is 16.5. The summed E-state index contributed by atoms with van der Waals surface area (Å²) in [7, 11) is 0. The fourth-order valence-electron chi connectivity index (χ4n) is 2.67. The van der Waals surface area contributed by atoms with Crippen LogP contribution in [0.25, 0.3) is 0 Å². The van der Waals surface area contributed by atoms with Crippen LogP contribution in [0.5, 0.6) is 5.75 Å². The molecule has 1 aromatic heterocycles. The van der Waals surface area contributed by atoms with E-state index in [2.05, 4.69) is 24.3 Å². The van der Waals surface area contributed by atoms with Crippen molar-refractivity contribution in [3.8, 4) is 5.75 Å². The fraction of sp³-hybridized carbons (Fsp3) is 0.421. The van der Waals surface area contributed by atoms with Gasteiger partial charge in [-0.05, 0) is 44.0 Å². The van der Waals surface area contributed by atoms with Crippen molar-refractivity contribution >= 4 is 17.5 Å². The molecule has 0 spiro atoms. The van der Waals surface area contributed by atoms with Gasteiger partial charge in [0.2, 0.25) is 5.91 Å². The summed E-state index contributed by atoms with van der Waals surface area (Å²) >= 11 is 0. The predicted octanol–water partition coefficient (Wildman–Crippen LogP) is 2.20. The summed E-state index contributed by atoms with van der Waals surface area (Å²) in [4.78, 5) is 23.1. The second-order valence-electron chi connectivity index (χ2n) is 6.73. The van der Waals surface area contributed by atoms with Gasteiger partial charge in [0.25, 0.3) is 5.91 Å². The molecule has 26 heavy (non-hydrogen) atoms. The van der Waals surface area contributed by atoms with Crippen molar-refractivity contribution in [2.24, 2.45) is 11.7 Å². The minimum absolute atomic E-state index is 0.105. The van der Waals surface area contributed by atoms with Crippen LogP contribution in [0.1, 0.15) is 30.8 Å². The number of benzene rings is 1. The maximum Gasteiger partial charge on any atom is 0.255 e. The maximum absolute atomic E-state index is 12.4. The van der Waals surface area contributed by atoms with Crippen molar-refractivity contribution in [3.63, 3.8) is 0 Å². The molecule has 0 aliphatic carbocycles. The Bertz CT molecular complexity index is 779. The van der Waals surface area contributed by atoms with Gasteiger partial charge in [0.15, 0.2) is 6.61 Å². The average molecular weight is 358 g/mol. The zero-order chi connectivity index (χ0) is 19.3. The number of aromatic nitrogens is 2. The molecule has 0 unspecified atom stereocenters. The van der Waals surface area contributed by atoms with Crippen LogP contribution in [0.15, 0.2) is 24.3 Å². The van der Waals surface area contributed by atoms with Crippen molar-refractivity contribution in [1.29, 1.82) is 0 Å². The number of hydrogen-bond donors (Lipinski definition) is 2. The second-order valence-corrected chi connectivity index (χ2v) is 6.73. The van der Waals surface area contributed by atoms with Gasteiger partial charge < -0.3 is 15.8 Å². The van der Waals surface area contributed by atoms with Crippen LogP contribution in [-0.2, 0) is 22.6 Å². The molecule has 0 atom stereocenters. The third-order valence-electron chi connectivity index (χ3n) is 3.93. The van der Waals surface area contributed by atoms with Crippen molar-refractivity contribution in [2.45, 2.75) is 40.7 Å². The van der Waals surface area contributed by atoms with Gasteiger partial charge in [0, 0.05) is 23.5 Å². The van der Waals surface area contributed by atoms with Crippen molar-refractivity contribution < 1.29 is 14.3 Å². The molecular weight excluding hydrogens is 332 g/mol. The Morgan fingerprint density at radius 2 is 1.88 bits per heavy atom. The summed E-state index contributed by atoms with van der Waals surface area (Å²) in [5.41, 5.74) is 8.57. The van der Waals surface area contributed by atoms with E-state index >= 15 is 0 Å². The Hall–Kier alpha value is -2.83. The molecule has 7 nitrogen and oxygen atoms in total. The van der Waals surface area contributed by atoms with Crippen LogP contribution in [0.4, 0.5) is 5.69 Å². The first kappa shape index (κ1) is 19.5. The summed E-state index contributed by atoms with van der Waals surface area (Å²) in [6.45, 7) is 8.86. The molecule has 2 aromatic rings. The lowest BCUT2D eigenvalue weighted by molar-refractivity contribution is -0.120. The van der Waals surface area contributed by atoms with E-state index in [9.17, 15) is 9.59 Å². The number of carbonyl (C=O) groups excluding carboxylic acids is 2. The Labute approximate surface area is 153 Å². The highest BCUT2D eigenvalue weighted by molar-refractivity contribution is 5.92. The van der Waals surface area contributed by atoms with Crippen LogP contribution in [0.3, 0.4) is 0 Å². The number of amides is 2. The van der Waals surface area contributed by atoms with E-state index in [1.54, 1.807) is 24.3 Å². The quantitative estimate of drug-likeness (QED) is 0.755. The maximum atomic E-state index is 12.4. The van der Waals surface area contributed by atoms with Gasteiger partial charge in [-0.15, -0.1) is 0 Å². The van der Waals surface area contributed by atoms with Crippen LogP contribution in [0, 0.1) is 19.8 Å². The molecule has 2 amide bonds. The average Bonchev–Trinajstić information content (AvgIpc) is 2.81. The Morgan fingerprint density at radius 1 is 1.23 bits per heavy atom. The first-order valence-corrected chi connectivity index (χ1v) is 8.60. The number of ether oxygens (including phenoxy) is 1. The van der Waals surface area contributed by atoms with E-state index in [-0.39, 0.29) is 18.9 Å². The Balaban J connectivity index is 1.98. The molecule has 0 bridgehead atoms. The molecule has 7 heteroatoms. The molecule has 3 N–H and O–H groups in total. The van der Waals surface area contributed by atoms with Gasteiger partial charge in [-0.25, -0.2) is 0 Å². The predicted molar refractivity (Wildman–Crippen MR) is 100 cm³/mol. The largest absolute Gasteiger partial charge is 0.484 e. The van der Waals surface area contributed by atoms with Crippen LogP contribution >= 0.6 is 0 Å². The monoisotopic (exact) mass is 358 g/mol. The third-order valence-corrected chi connectivity index (χ3v) is 3.93. The zero-order valence-electron chi connectivity index (χ0n) is 15.7. The highest BCUT2D eigenvalue weighted by Gasteiger charge is 2.15. The summed E-state index contributed by atoms with van der Waals surface area (Å²) in [6.07, 6.45) is 0.274. The fourth-order valence-corrected chi connectivity index (χ4v) is 2.67. The van der Waals surface area contributed by atoms with Crippen LogP contribution in [0.2, 0.25) is 0 Å². The molecule has 0 saturated carbocycles. The van der Waals surface area contributed by atoms with Crippen molar-refractivity contribution in [2.75, 3.05) is 11.9 Å². The summed E-state index contributed by atoms with van der Waals surface area (Å²) in [5, 5.41) is 7.40. The lowest BCUT2D eigenvalue weighted by Crippen LogP contribution is -2.20. The van der Waals surface area contributed by atoms with E-state index in [4.69, 9.17) is 10.5 Å². The third kappa shape index (κ3) is 5.34. The molecule has 0 saturated heterocycles. The van der Waals surface area contributed by atoms with E-state index in [0.29, 0.717) is 17.4 Å². The number of nitrogens with two attached hydrogens (primary N) is 1. The number of anilines is 1. The van der Waals surface area contributed by atoms with E-state index < -0.39 is 5.91 Å². The van der Waals surface area contributed by atoms with Gasteiger partial charge in [-0.2, -0.15) is 5.10 Å². The van der Waals surface area contributed by atoms with Crippen LogP contribution < -0.4 is 15.8 Å². The Kier molecular flexibility index (Phi) is 6.38. The van der Waals surface area contributed by atoms with E-state index in [1.807, 2.05) is 18.5 Å². The summed E-state index contributed by atoms with van der Waals surface area (Å²) < 4.78 is 7.16. The Morgan fingerprint density at radius 3 is 2.46 bits per heavy atom. The number of nitrogens with zero attached hydrogens (tertiary/aromatic N) is 2. The lowest BCUT2D eigenvalue weighted by atomic mass is 10.1. The van der Waals surface area contributed by atoms with E-state index in [0.717, 1.165) is 23.5 Å². The number of primary amides is 1. The summed E-state index contributed by atoms with van der Waals surface area (Å²) in [6, 6.07) is 6.79. The molecule has 0 fully saturated rings. The van der Waals surface area contributed by atoms with Gasteiger partial charge in [-0.3, -0.25) is 14.3 Å². The molecule has 1 aromatic carbocycles. The SMILES string of the molecule is Cc1nn(CC(C)C)c(C)c1CC(=O)Nc1ccc(OCC(N)=O)cc1. The van der Waals surface area contributed by atoms with Crippen molar-refractivity contribution in [1.82, 2.24) is 9.78 Å². The minimum Gasteiger partial charge on any atom is -0.484 e. The first-order valence-electron chi connectivity index (χ1n) is 8.60. The number of rotatable bonds is 8. The molecule has 0 aliphatic heterocycles. The molecule has 1 heterocycles. The van der Waals surface area contributed by atoms with Gasteiger partial charge in [-0.1, -0.05) is 13.8 Å². The normalized spacial score (nSPS) is 10.8. The summed E-state index contributed by atoms with van der Waals surface area (Å²) in [5.74, 6) is 0.366. The lowest BCUT2D eigenvalue weighted by Gasteiger charge is -2.09. The number of carbonyl (C=O) groups is 2. The smallest absolute Gasteiger partial charge is 0.255 e. The molecule has 2 rings (SSSR count). The first-order chi connectivity index (χ1) is 12.3. The topological polar surface area (TPSA) is 99.2 Å².